The maximum atomic E-state index is 12.7. The third kappa shape index (κ3) is 10.3. The highest BCUT2D eigenvalue weighted by atomic mass is 32.2. The first-order valence-corrected chi connectivity index (χ1v) is 11.2. The van der Waals surface area contributed by atoms with Crippen LogP contribution in [-0.4, -0.2) is 71.4 Å². The molecule has 0 aliphatic carbocycles. The lowest BCUT2D eigenvalue weighted by Gasteiger charge is -2.23. The van der Waals surface area contributed by atoms with Crippen LogP contribution < -0.4 is 27.4 Å². The van der Waals surface area contributed by atoms with Gasteiger partial charge in [-0.25, -0.2) is 0 Å². The van der Waals surface area contributed by atoms with Crippen molar-refractivity contribution in [2.45, 2.75) is 37.4 Å². The summed E-state index contributed by atoms with van der Waals surface area (Å²) in [5.41, 5.74) is 12.0. The highest BCUT2D eigenvalue weighted by Crippen LogP contribution is 2.05. The van der Waals surface area contributed by atoms with Crippen LogP contribution in [0.5, 0.6) is 0 Å². The Kier molecular flexibility index (Phi) is 11.8. The summed E-state index contributed by atoms with van der Waals surface area (Å²) in [7, 11) is 0. The second-order valence-electron chi connectivity index (χ2n) is 6.98. The van der Waals surface area contributed by atoms with Crippen molar-refractivity contribution < 1.29 is 29.1 Å². The van der Waals surface area contributed by atoms with E-state index in [0.29, 0.717) is 5.75 Å². The molecule has 3 atom stereocenters. The molecule has 1 rings (SSSR count). The molecule has 0 saturated heterocycles. The van der Waals surface area contributed by atoms with Gasteiger partial charge < -0.3 is 32.5 Å². The molecule has 0 radical (unpaired) electrons. The lowest BCUT2D eigenvalue weighted by Crippen LogP contribution is -2.57. The quantitative estimate of drug-likeness (QED) is 0.187. The van der Waals surface area contributed by atoms with Crippen molar-refractivity contribution in [3.8, 4) is 0 Å². The maximum Gasteiger partial charge on any atom is 0.322 e. The highest BCUT2D eigenvalue weighted by Gasteiger charge is 2.29. The third-order valence-electron chi connectivity index (χ3n) is 4.33. The van der Waals surface area contributed by atoms with Crippen molar-refractivity contribution in [2.24, 2.45) is 11.5 Å². The van der Waals surface area contributed by atoms with Crippen molar-refractivity contribution in [1.29, 1.82) is 0 Å². The number of hydrogen-bond acceptors (Lipinski definition) is 7. The fourth-order valence-electron chi connectivity index (χ4n) is 2.71. The minimum Gasteiger partial charge on any atom is -0.480 e. The lowest BCUT2D eigenvalue weighted by atomic mass is 10.0. The van der Waals surface area contributed by atoms with Crippen molar-refractivity contribution in [1.82, 2.24) is 16.0 Å². The standard InChI is InChI=1S/C20H29N5O6S/c1-32-8-7-14(19(30)23-11-17(27)28)24-20(31)15(10-16(22)26)25-18(29)13(21)9-12-5-3-2-4-6-12/h2-6,13-15H,7-11,21H2,1H3,(H2,22,26)(H,23,30)(H,24,31)(H,25,29)(H,27,28). The zero-order valence-electron chi connectivity index (χ0n) is 17.7. The van der Waals surface area contributed by atoms with Gasteiger partial charge in [-0.3, -0.25) is 24.0 Å². The summed E-state index contributed by atoms with van der Waals surface area (Å²) in [6.45, 7) is -0.611. The van der Waals surface area contributed by atoms with Gasteiger partial charge >= 0.3 is 5.97 Å². The van der Waals surface area contributed by atoms with Gasteiger partial charge in [-0.05, 0) is 30.4 Å². The van der Waals surface area contributed by atoms with Crippen molar-refractivity contribution in [2.75, 3.05) is 18.6 Å². The van der Waals surface area contributed by atoms with E-state index in [2.05, 4.69) is 16.0 Å². The van der Waals surface area contributed by atoms with Crippen molar-refractivity contribution in [3.63, 3.8) is 0 Å². The number of carbonyl (C=O) groups excluding carboxylic acids is 4. The van der Waals surface area contributed by atoms with Crippen LogP contribution in [0.1, 0.15) is 18.4 Å². The highest BCUT2D eigenvalue weighted by molar-refractivity contribution is 7.98. The number of carboxylic acid groups (broad SMARTS) is 1. The number of rotatable bonds is 14. The van der Waals surface area contributed by atoms with Crippen LogP contribution in [0.15, 0.2) is 30.3 Å². The summed E-state index contributed by atoms with van der Waals surface area (Å²) in [4.78, 5) is 59.6. The number of nitrogens with one attached hydrogen (secondary N) is 3. The molecular formula is C20H29N5O6S. The second-order valence-corrected chi connectivity index (χ2v) is 7.97. The molecule has 0 aromatic heterocycles. The number of thioether (sulfide) groups is 1. The van der Waals surface area contributed by atoms with Gasteiger partial charge in [0.15, 0.2) is 0 Å². The number of benzene rings is 1. The monoisotopic (exact) mass is 467 g/mol. The Labute approximate surface area is 190 Å². The summed E-state index contributed by atoms with van der Waals surface area (Å²) in [5, 5.41) is 15.8. The number of carboxylic acids is 1. The zero-order chi connectivity index (χ0) is 24.1. The molecule has 1 aromatic rings. The van der Waals surface area contributed by atoms with Gasteiger partial charge in [-0.2, -0.15) is 11.8 Å². The fourth-order valence-corrected chi connectivity index (χ4v) is 3.18. The molecule has 8 N–H and O–H groups in total. The van der Waals surface area contributed by atoms with E-state index in [1.807, 2.05) is 6.07 Å². The predicted octanol–water partition coefficient (Wildman–Crippen LogP) is -1.64. The number of nitrogens with two attached hydrogens (primary N) is 2. The van der Waals surface area contributed by atoms with E-state index in [9.17, 15) is 24.0 Å². The van der Waals surface area contributed by atoms with Crippen LogP contribution in [0.25, 0.3) is 0 Å². The molecule has 12 heteroatoms. The second kappa shape index (κ2) is 14.0. The molecule has 1 aromatic carbocycles. The van der Waals surface area contributed by atoms with E-state index in [1.165, 1.54) is 11.8 Å². The van der Waals surface area contributed by atoms with E-state index in [4.69, 9.17) is 16.6 Å². The van der Waals surface area contributed by atoms with E-state index in [0.717, 1.165) is 5.56 Å². The molecule has 0 fully saturated rings. The summed E-state index contributed by atoms with van der Waals surface area (Å²) in [6, 6.07) is 5.64. The summed E-state index contributed by atoms with van der Waals surface area (Å²) in [6.07, 6.45) is 1.73. The fraction of sp³-hybridized carbons (Fsp3) is 0.450. The van der Waals surface area contributed by atoms with Crippen LogP contribution in [-0.2, 0) is 30.4 Å². The Bertz CT molecular complexity index is 807. The van der Waals surface area contributed by atoms with Gasteiger partial charge in [0.2, 0.25) is 23.6 Å². The molecule has 176 valence electrons. The summed E-state index contributed by atoms with van der Waals surface area (Å²) < 4.78 is 0. The molecule has 32 heavy (non-hydrogen) atoms. The third-order valence-corrected chi connectivity index (χ3v) is 4.97. The lowest BCUT2D eigenvalue weighted by molar-refractivity contribution is -0.138. The smallest absolute Gasteiger partial charge is 0.322 e. The molecule has 0 aliphatic rings. The van der Waals surface area contributed by atoms with Crippen molar-refractivity contribution >= 4 is 41.4 Å². The largest absolute Gasteiger partial charge is 0.480 e. The number of hydrogen-bond donors (Lipinski definition) is 6. The van der Waals surface area contributed by atoms with E-state index < -0.39 is 60.7 Å². The van der Waals surface area contributed by atoms with Gasteiger partial charge in [0, 0.05) is 0 Å². The Hall–Kier alpha value is -3.12. The van der Waals surface area contributed by atoms with Crippen LogP contribution >= 0.6 is 11.8 Å². The van der Waals surface area contributed by atoms with E-state index >= 15 is 0 Å². The molecule has 0 bridgehead atoms. The first kappa shape index (κ1) is 26.9. The molecule has 4 amide bonds. The van der Waals surface area contributed by atoms with Crippen molar-refractivity contribution in [3.05, 3.63) is 35.9 Å². The first-order chi connectivity index (χ1) is 15.1. The maximum absolute atomic E-state index is 12.7. The number of amides is 4. The number of primary amides is 1. The summed E-state index contributed by atoms with van der Waals surface area (Å²) >= 11 is 1.43. The Morgan fingerprint density at radius 1 is 1.00 bits per heavy atom. The Balaban J connectivity index is 2.84. The van der Waals surface area contributed by atoms with Gasteiger partial charge in [-0.1, -0.05) is 30.3 Å². The minimum atomic E-state index is -1.34. The van der Waals surface area contributed by atoms with Gasteiger partial charge in [-0.15, -0.1) is 0 Å². The van der Waals surface area contributed by atoms with Gasteiger partial charge in [0.25, 0.3) is 0 Å². The SMILES string of the molecule is CSCCC(NC(=O)C(CC(N)=O)NC(=O)C(N)Cc1ccccc1)C(=O)NCC(=O)O. The van der Waals surface area contributed by atoms with E-state index in [1.54, 1.807) is 30.5 Å². The zero-order valence-corrected chi connectivity index (χ0v) is 18.5. The van der Waals surface area contributed by atoms with Crippen LogP contribution in [0.2, 0.25) is 0 Å². The van der Waals surface area contributed by atoms with Crippen LogP contribution in [0, 0.1) is 0 Å². The van der Waals surface area contributed by atoms with Crippen LogP contribution in [0.4, 0.5) is 0 Å². The molecule has 0 spiro atoms. The average Bonchev–Trinajstić information content (AvgIpc) is 2.74. The molecular weight excluding hydrogens is 438 g/mol. The van der Waals surface area contributed by atoms with Gasteiger partial charge in [0.1, 0.15) is 18.6 Å². The molecule has 3 unspecified atom stereocenters. The van der Waals surface area contributed by atoms with E-state index in [-0.39, 0.29) is 12.8 Å². The topological polar surface area (TPSA) is 194 Å². The Morgan fingerprint density at radius 3 is 2.19 bits per heavy atom. The number of carbonyl (C=O) groups is 5. The molecule has 11 nitrogen and oxygen atoms in total. The Morgan fingerprint density at radius 2 is 1.62 bits per heavy atom. The number of aliphatic carboxylic acids is 1. The molecule has 0 saturated carbocycles. The molecule has 0 heterocycles. The minimum absolute atomic E-state index is 0.211. The van der Waals surface area contributed by atoms with Crippen LogP contribution in [0.3, 0.4) is 0 Å². The van der Waals surface area contributed by atoms with Gasteiger partial charge in [0.05, 0.1) is 12.5 Å². The predicted molar refractivity (Wildman–Crippen MR) is 119 cm³/mol. The average molecular weight is 468 g/mol. The summed E-state index contributed by atoms with van der Waals surface area (Å²) in [5.74, 6) is -3.73. The first-order valence-electron chi connectivity index (χ1n) is 9.81. The molecule has 0 aliphatic heterocycles. The normalized spacial score (nSPS) is 13.3.